The van der Waals surface area contributed by atoms with Crippen LogP contribution in [0, 0.1) is 17.0 Å². The summed E-state index contributed by atoms with van der Waals surface area (Å²) in [7, 11) is 1.65. The molecular weight excluding hydrogens is 390 g/mol. The molecule has 0 fully saturated rings. The summed E-state index contributed by atoms with van der Waals surface area (Å²) < 4.78 is 6.24. The molecule has 0 saturated carbocycles. The SMILES string of the molecule is COc1cc(C)c(/C=N\NC(=O)c2cc3cc([N+](=O)[O-])ccc3s2)cc1C(C)C. The van der Waals surface area contributed by atoms with Gasteiger partial charge in [0.05, 0.1) is 23.1 Å². The first-order chi connectivity index (χ1) is 13.8. The maximum Gasteiger partial charge on any atom is 0.281 e. The molecule has 0 aliphatic rings. The molecule has 0 aliphatic carbocycles. The Morgan fingerprint density at radius 2 is 2.03 bits per heavy atom. The van der Waals surface area contributed by atoms with Crippen molar-refractivity contribution in [2.75, 3.05) is 7.11 Å². The zero-order chi connectivity index (χ0) is 21.1. The molecular formula is C21H21N3O4S. The Balaban J connectivity index is 1.78. The quantitative estimate of drug-likeness (QED) is 0.350. The van der Waals surface area contributed by atoms with Crippen molar-refractivity contribution in [2.45, 2.75) is 26.7 Å². The highest BCUT2D eigenvalue weighted by Crippen LogP contribution is 2.30. The van der Waals surface area contributed by atoms with E-state index in [1.807, 2.05) is 19.1 Å². The van der Waals surface area contributed by atoms with Gasteiger partial charge in [-0.3, -0.25) is 14.9 Å². The van der Waals surface area contributed by atoms with Gasteiger partial charge in [-0.15, -0.1) is 11.3 Å². The number of hydrazone groups is 1. The van der Waals surface area contributed by atoms with Crippen molar-refractivity contribution in [2.24, 2.45) is 5.10 Å². The molecule has 1 N–H and O–H groups in total. The Kier molecular flexibility index (Phi) is 5.93. The number of rotatable bonds is 6. The molecule has 3 aromatic rings. The summed E-state index contributed by atoms with van der Waals surface area (Å²) in [6, 6.07) is 10.1. The van der Waals surface area contributed by atoms with Gasteiger partial charge in [0.15, 0.2) is 0 Å². The molecule has 0 radical (unpaired) electrons. The molecule has 1 aromatic heterocycles. The van der Waals surface area contributed by atoms with Crippen LogP contribution in [0.5, 0.6) is 5.75 Å². The molecule has 150 valence electrons. The van der Waals surface area contributed by atoms with E-state index in [0.29, 0.717) is 10.3 Å². The lowest BCUT2D eigenvalue weighted by Crippen LogP contribution is -2.16. The number of methoxy groups -OCH3 is 1. The Bertz CT molecular complexity index is 1120. The normalized spacial score (nSPS) is 11.3. The van der Waals surface area contributed by atoms with Crippen molar-refractivity contribution in [1.29, 1.82) is 0 Å². The zero-order valence-electron chi connectivity index (χ0n) is 16.6. The number of carbonyl (C=O) groups excluding carboxylic acids is 1. The second kappa shape index (κ2) is 8.40. The van der Waals surface area contributed by atoms with E-state index in [0.717, 1.165) is 27.1 Å². The lowest BCUT2D eigenvalue weighted by atomic mass is 9.97. The van der Waals surface area contributed by atoms with Crippen LogP contribution in [-0.4, -0.2) is 24.2 Å². The summed E-state index contributed by atoms with van der Waals surface area (Å²) in [5.41, 5.74) is 5.46. The molecule has 3 rings (SSSR count). The monoisotopic (exact) mass is 411 g/mol. The number of nitrogens with zero attached hydrogens (tertiary/aromatic N) is 2. The second-order valence-corrected chi connectivity index (χ2v) is 7.98. The van der Waals surface area contributed by atoms with Gasteiger partial charge >= 0.3 is 0 Å². The highest BCUT2D eigenvalue weighted by molar-refractivity contribution is 7.20. The van der Waals surface area contributed by atoms with Crippen molar-refractivity contribution in [3.05, 3.63) is 68.1 Å². The van der Waals surface area contributed by atoms with Gasteiger partial charge in [0.25, 0.3) is 11.6 Å². The van der Waals surface area contributed by atoms with E-state index < -0.39 is 4.92 Å². The number of hydrogen-bond acceptors (Lipinski definition) is 6. The molecule has 1 heterocycles. The van der Waals surface area contributed by atoms with Crippen molar-refractivity contribution in [3.63, 3.8) is 0 Å². The number of non-ortho nitro benzene ring substituents is 1. The molecule has 0 atom stereocenters. The topological polar surface area (TPSA) is 93.8 Å². The first-order valence-corrected chi connectivity index (χ1v) is 9.81. The maximum atomic E-state index is 12.4. The van der Waals surface area contributed by atoms with Crippen molar-refractivity contribution < 1.29 is 14.5 Å². The van der Waals surface area contributed by atoms with Crippen LogP contribution in [0.4, 0.5) is 5.69 Å². The zero-order valence-corrected chi connectivity index (χ0v) is 17.4. The Labute approximate surface area is 172 Å². The van der Waals surface area contributed by atoms with Crippen molar-refractivity contribution in [1.82, 2.24) is 5.43 Å². The number of fused-ring (bicyclic) bond motifs is 1. The molecule has 0 aliphatic heterocycles. The number of carbonyl (C=O) groups is 1. The maximum absolute atomic E-state index is 12.4. The number of benzene rings is 2. The number of ether oxygens (including phenoxy) is 1. The summed E-state index contributed by atoms with van der Waals surface area (Å²) in [4.78, 5) is 23.3. The van der Waals surface area contributed by atoms with Crippen molar-refractivity contribution in [3.8, 4) is 5.75 Å². The minimum Gasteiger partial charge on any atom is -0.496 e. The van der Waals surface area contributed by atoms with Gasteiger partial charge < -0.3 is 4.74 Å². The predicted octanol–water partition coefficient (Wildman–Crippen LogP) is 5.01. The van der Waals surface area contributed by atoms with Gasteiger partial charge in [-0.05, 0) is 53.8 Å². The van der Waals surface area contributed by atoms with Crippen LogP contribution < -0.4 is 10.2 Å². The lowest BCUT2D eigenvalue weighted by molar-refractivity contribution is -0.384. The van der Waals surface area contributed by atoms with Gasteiger partial charge in [0.1, 0.15) is 5.75 Å². The van der Waals surface area contributed by atoms with Crippen LogP contribution in [0.3, 0.4) is 0 Å². The first-order valence-electron chi connectivity index (χ1n) is 9.00. The van der Waals surface area contributed by atoms with Gasteiger partial charge in [0.2, 0.25) is 0 Å². The van der Waals surface area contributed by atoms with Crippen LogP contribution in [0.1, 0.15) is 46.1 Å². The number of nitrogens with one attached hydrogen (secondary N) is 1. The summed E-state index contributed by atoms with van der Waals surface area (Å²) >= 11 is 1.26. The summed E-state index contributed by atoms with van der Waals surface area (Å²) in [6.07, 6.45) is 1.61. The number of hydrogen-bond donors (Lipinski definition) is 1. The fourth-order valence-corrected chi connectivity index (χ4v) is 3.89. The Morgan fingerprint density at radius 3 is 2.69 bits per heavy atom. The van der Waals surface area contributed by atoms with Gasteiger partial charge in [-0.1, -0.05) is 13.8 Å². The molecule has 8 heteroatoms. The van der Waals surface area contributed by atoms with E-state index in [9.17, 15) is 14.9 Å². The third-order valence-electron chi connectivity index (χ3n) is 4.54. The number of thiophene rings is 1. The smallest absolute Gasteiger partial charge is 0.281 e. The number of nitro groups is 1. The molecule has 0 bridgehead atoms. The van der Waals surface area contributed by atoms with Gasteiger partial charge in [-0.2, -0.15) is 5.10 Å². The number of amides is 1. The Morgan fingerprint density at radius 1 is 1.28 bits per heavy atom. The lowest BCUT2D eigenvalue weighted by Gasteiger charge is -2.14. The minimum atomic E-state index is -0.455. The number of aryl methyl sites for hydroxylation is 1. The number of nitro benzene ring substituents is 1. The van der Waals surface area contributed by atoms with Gasteiger partial charge in [-0.25, -0.2) is 5.43 Å². The standard InChI is InChI=1S/C21H21N3O4S/c1-12(2)17-9-15(13(3)7-18(17)28-4)11-22-23-21(25)20-10-14-8-16(24(26)27)5-6-19(14)29-20/h5-12H,1-4H3,(H,23,25)/b22-11-. The minimum absolute atomic E-state index is 0.00350. The van der Waals surface area contributed by atoms with E-state index in [1.165, 1.54) is 23.5 Å². The molecule has 29 heavy (non-hydrogen) atoms. The van der Waals surface area contributed by atoms with E-state index in [2.05, 4.69) is 24.4 Å². The molecule has 2 aromatic carbocycles. The third kappa shape index (κ3) is 4.43. The third-order valence-corrected chi connectivity index (χ3v) is 5.66. The molecule has 0 spiro atoms. The first kappa shape index (κ1) is 20.5. The van der Waals surface area contributed by atoms with Crippen LogP contribution in [-0.2, 0) is 0 Å². The van der Waals surface area contributed by atoms with Crippen LogP contribution in [0.15, 0.2) is 41.5 Å². The fourth-order valence-electron chi connectivity index (χ4n) is 2.95. The van der Waals surface area contributed by atoms with E-state index in [1.54, 1.807) is 25.5 Å². The van der Waals surface area contributed by atoms with Gasteiger partial charge in [0, 0.05) is 22.2 Å². The predicted molar refractivity (Wildman–Crippen MR) is 115 cm³/mol. The average Bonchev–Trinajstić information content (AvgIpc) is 3.11. The summed E-state index contributed by atoms with van der Waals surface area (Å²) in [5.74, 6) is 0.758. The van der Waals surface area contributed by atoms with Crippen LogP contribution in [0.25, 0.3) is 10.1 Å². The summed E-state index contributed by atoms with van der Waals surface area (Å²) in [5, 5.41) is 15.6. The largest absolute Gasteiger partial charge is 0.496 e. The van der Waals surface area contributed by atoms with Crippen molar-refractivity contribution >= 4 is 39.2 Å². The molecule has 0 saturated heterocycles. The van der Waals surface area contributed by atoms with Crippen LogP contribution in [0.2, 0.25) is 0 Å². The van der Waals surface area contributed by atoms with E-state index in [-0.39, 0.29) is 17.5 Å². The average molecular weight is 411 g/mol. The highest BCUT2D eigenvalue weighted by Gasteiger charge is 2.13. The second-order valence-electron chi connectivity index (χ2n) is 6.89. The fraction of sp³-hybridized carbons (Fsp3) is 0.238. The Hall–Kier alpha value is -3.26. The molecule has 1 amide bonds. The van der Waals surface area contributed by atoms with Crippen LogP contribution >= 0.6 is 11.3 Å². The molecule has 0 unspecified atom stereocenters. The van der Waals surface area contributed by atoms with E-state index >= 15 is 0 Å². The summed E-state index contributed by atoms with van der Waals surface area (Å²) in [6.45, 7) is 6.12. The van der Waals surface area contributed by atoms with E-state index in [4.69, 9.17) is 4.74 Å². The highest BCUT2D eigenvalue weighted by atomic mass is 32.1. The molecule has 7 nitrogen and oxygen atoms in total.